The minimum Gasteiger partial charge on any atom is -0.330 e. The van der Waals surface area contributed by atoms with Gasteiger partial charge in [0.15, 0.2) is 0 Å². The summed E-state index contributed by atoms with van der Waals surface area (Å²) in [6.07, 6.45) is 1.13. The van der Waals surface area contributed by atoms with Crippen molar-refractivity contribution < 1.29 is 0 Å². The number of nitrogens with two attached hydrogens (primary N) is 1. The summed E-state index contributed by atoms with van der Waals surface area (Å²) in [4.78, 5) is 2.29. The molecule has 0 saturated carbocycles. The van der Waals surface area contributed by atoms with Crippen LogP contribution < -0.4 is 5.73 Å². The molecule has 0 saturated heterocycles. The van der Waals surface area contributed by atoms with Crippen LogP contribution in [0.3, 0.4) is 0 Å². The topological polar surface area (TPSA) is 29.3 Å². The van der Waals surface area contributed by atoms with Gasteiger partial charge in [0, 0.05) is 13.1 Å². The van der Waals surface area contributed by atoms with Gasteiger partial charge in [0.2, 0.25) is 0 Å². The molecule has 0 aromatic carbocycles. The summed E-state index contributed by atoms with van der Waals surface area (Å²) in [6.45, 7) is 13.2. The van der Waals surface area contributed by atoms with Gasteiger partial charge < -0.3 is 10.6 Å². The van der Waals surface area contributed by atoms with Gasteiger partial charge in [-0.05, 0) is 32.4 Å². The van der Waals surface area contributed by atoms with Crippen LogP contribution in [-0.4, -0.2) is 31.6 Å². The Bertz CT molecular complexity index is 159. The molecule has 0 aromatic heterocycles. The van der Waals surface area contributed by atoms with Crippen LogP contribution in [0.4, 0.5) is 0 Å². The second-order valence-electron chi connectivity index (χ2n) is 4.50. The van der Waals surface area contributed by atoms with E-state index in [0.717, 1.165) is 26.1 Å². The van der Waals surface area contributed by atoms with Gasteiger partial charge in [-0.15, -0.1) is 0 Å². The van der Waals surface area contributed by atoms with Gasteiger partial charge in [0.05, 0.1) is 0 Å². The fraction of sp³-hybridized carbons (Fsp3) is 0.818. The molecule has 0 aliphatic heterocycles. The summed E-state index contributed by atoms with van der Waals surface area (Å²) in [5, 5.41) is 0. The third-order valence-electron chi connectivity index (χ3n) is 2.54. The van der Waals surface area contributed by atoms with E-state index in [0.29, 0.717) is 0 Å². The van der Waals surface area contributed by atoms with Gasteiger partial charge in [-0.3, -0.25) is 0 Å². The quantitative estimate of drug-likeness (QED) is 0.639. The molecule has 0 amide bonds. The smallest absolute Gasteiger partial charge is 0.0184 e. The van der Waals surface area contributed by atoms with Crippen molar-refractivity contribution in [2.75, 3.05) is 26.7 Å². The van der Waals surface area contributed by atoms with Crippen molar-refractivity contribution in [2.45, 2.75) is 27.2 Å². The van der Waals surface area contributed by atoms with Crippen molar-refractivity contribution in [3.8, 4) is 0 Å². The SMILES string of the molecule is C=C(C)CN(C)CC(C)(CC)CN. The van der Waals surface area contributed by atoms with Crippen molar-refractivity contribution in [1.29, 1.82) is 0 Å². The average molecular weight is 184 g/mol. The molecule has 0 fully saturated rings. The minimum atomic E-state index is 0.254. The number of nitrogens with zero attached hydrogens (tertiary/aromatic N) is 1. The van der Waals surface area contributed by atoms with Gasteiger partial charge in [-0.1, -0.05) is 26.0 Å². The summed E-state index contributed by atoms with van der Waals surface area (Å²) >= 11 is 0. The van der Waals surface area contributed by atoms with Crippen molar-refractivity contribution >= 4 is 0 Å². The highest BCUT2D eigenvalue weighted by Crippen LogP contribution is 2.20. The molecule has 0 aliphatic carbocycles. The lowest BCUT2D eigenvalue weighted by Crippen LogP contribution is -2.39. The second-order valence-corrected chi connectivity index (χ2v) is 4.50. The minimum absolute atomic E-state index is 0.254. The number of hydrogen-bond donors (Lipinski definition) is 1. The Labute approximate surface area is 82.8 Å². The zero-order valence-corrected chi connectivity index (χ0v) is 9.56. The van der Waals surface area contributed by atoms with Crippen molar-refractivity contribution in [2.24, 2.45) is 11.1 Å². The molecule has 13 heavy (non-hydrogen) atoms. The van der Waals surface area contributed by atoms with E-state index in [-0.39, 0.29) is 5.41 Å². The lowest BCUT2D eigenvalue weighted by molar-refractivity contribution is 0.202. The van der Waals surface area contributed by atoms with Crippen LogP contribution in [-0.2, 0) is 0 Å². The Balaban J connectivity index is 4.01. The van der Waals surface area contributed by atoms with Gasteiger partial charge in [-0.25, -0.2) is 0 Å². The Morgan fingerprint density at radius 3 is 2.38 bits per heavy atom. The van der Waals surface area contributed by atoms with Crippen molar-refractivity contribution in [3.05, 3.63) is 12.2 Å². The molecule has 2 nitrogen and oxygen atoms in total. The van der Waals surface area contributed by atoms with E-state index >= 15 is 0 Å². The molecule has 0 heterocycles. The van der Waals surface area contributed by atoms with E-state index in [9.17, 15) is 0 Å². The van der Waals surface area contributed by atoms with Gasteiger partial charge in [0.25, 0.3) is 0 Å². The molecule has 0 rings (SSSR count). The van der Waals surface area contributed by atoms with Crippen LogP contribution >= 0.6 is 0 Å². The van der Waals surface area contributed by atoms with E-state index in [1.165, 1.54) is 5.57 Å². The van der Waals surface area contributed by atoms with E-state index in [2.05, 4.69) is 39.3 Å². The normalized spacial score (nSPS) is 15.8. The lowest BCUT2D eigenvalue weighted by Gasteiger charge is -2.31. The average Bonchev–Trinajstić information content (AvgIpc) is 2.02. The van der Waals surface area contributed by atoms with Crippen LogP contribution in [0.5, 0.6) is 0 Å². The Hall–Kier alpha value is -0.340. The van der Waals surface area contributed by atoms with Crippen LogP contribution in [0.25, 0.3) is 0 Å². The van der Waals surface area contributed by atoms with Crippen LogP contribution in [0, 0.1) is 5.41 Å². The Morgan fingerprint density at radius 1 is 1.54 bits per heavy atom. The van der Waals surface area contributed by atoms with E-state index in [1.807, 2.05) is 0 Å². The van der Waals surface area contributed by atoms with Gasteiger partial charge >= 0.3 is 0 Å². The fourth-order valence-electron chi connectivity index (χ4n) is 1.49. The van der Waals surface area contributed by atoms with Gasteiger partial charge in [-0.2, -0.15) is 0 Å². The van der Waals surface area contributed by atoms with E-state index < -0.39 is 0 Å². The molecule has 0 spiro atoms. The third kappa shape index (κ3) is 5.06. The summed E-state index contributed by atoms with van der Waals surface area (Å²) in [5.41, 5.74) is 7.21. The highest BCUT2D eigenvalue weighted by Gasteiger charge is 2.21. The van der Waals surface area contributed by atoms with Crippen LogP contribution in [0.15, 0.2) is 12.2 Å². The fourth-order valence-corrected chi connectivity index (χ4v) is 1.49. The van der Waals surface area contributed by atoms with Crippen LogP contribution in [0.2, 0.25) is 0 Å². The Kier molecular flexibility index (Phi) is 5.26. The third-order valence-corrected chi connectivity index (χ3v) is 2.54. The molecule has 2 heteroatoms. The monoisotopic (exact) mass is 184 g/mol. The highest BCUT2D eigenvalue weighted by atomic mass is 15.1. The van der Waals surface area contributed by atoms with Gasteiger partial charge in [0.1, 0.15) is 0 Å². The predicted octanol–water partition coefficient (Wildman–Crippen LogP) is 1.87. The first-order valence-corrected chi connectivity index (χ1v) is 4.96. The number of likely N-dealkylation sites (N-methyl/N-ethyl adjacent to an activating group) is 1. The molecule has 0 aromatic rings. The summed E-state index contributed by atoms with van der Waals surface area (Å²) < 4.78 is 0. The molecule has 78 valence electrons. The zero-order chi connectivity index (χ0) is 10.5. The summed E-state index contributed by atoms with van der Waals surface area (Å²) in [7, 11) is 2.12. The highest BCUT2D eigenvalue weighted by molar-refractivity contribution is 4.92. The van der Waals surface area contributed by atoms with Crippen LogP contribution in [0.1, 0.15) is 27.2 Å². The maximum Gasteiger partial charge on any atom is 0.0184 e. The Morgan fingerprint density at radius 2 is 2.08 bits per heavy atom. The zero-order valence-electron chi connectivity index (χ0n) is 9.56. The predicted molar refractivity (Wildman–Crippen MR) is 59.8 cm³/mol. The molecule has 1 unspecified atom stereocenters. The van der Waals surface area contributed by atoms with E-state index in [4.69, 9.17) is 5.73 Å². The first kappa shape index (κ1) is 12.7. The maximum absolute atomic E-state index is 5.75. The molecule has 0 aliphatic rings. The van der Waals surface area contributed by atoms with Crippen molar-refractivity contribution in [1.82, 2.24) is 4.90 Å². The number of hydrogen-bond acceptors (Lipinski definition) is 2. The first-order chi connectivity index (χ1) is 5.93. The standard InChI is InChI=1S/C11H24N2/c1-6-11(4,8-12)9-13(5)7-10(2)3/h2,6-9,12H2,1,3-5H3. The lowest BCUT2D eigenvalue weighted by atomic mass is 9.87. The molecule has 0 bridgehead atoms. The molecule has 0 radical (unpaired) electrons. The molecular weight excluding hydrogens is 160 g/mol. The molecule has 2 N–H and O–H groups in total. The largest absolute Gasteiger partial charge is 0.330 e. The molecule has 1 atom stereocenters. The molecular formula is C11H24N2. The summed E-state index contributed by atoms with van der Waals surface area (Å²) in [6, 6.07) is 0. The summed E-state index contributed by atoms with van der Waals surface area (Å²) in [5.74, 6) is 0. The van der Waals surface area contributed by atoms with E-state index in [1.54, 1.807) is 0 Å². The maximum atomic E-state index is 5.75. The first-order valence-electron chi connectivity index (χ1n) is 4.96. The van der Waals surface area contributed by atoms with Crippen molar-refractivity contribution in [3.63, 3.8) is 0 Å². The number of rotatable bonds is 6. The second kappa shape index (κ2) is 5.40.